The Hall–Kier alpha value is -2.85. The summed E-state index contributed by atoms with van der Waals surface area (Å²) < 4.78 is 30.8. The average molecular weight is 529 g/mol. The SMILES string of the molecule is CC(C)Sc1cc(-c2ccc(OCCNC[C@@H](O)c3ccccc3)cc2)ccc1C(=O)NS(C)(=O)=O. The van der Waals surface area contributed by atoms with E-state index in [2.05, 4.69) is 5.32 Å². The van der Waals surface area contributed by atoms with Crippen LogP contribution >= 0.6 is 11.8 Å². The van der Waals surface area contributed by atoms with Crippen molar-refractivity contribution in [1.82, 2.24) is 10.0 Å². The monoisotopic (exact) mass is 528 g/mol. The van der Waals surface area contributed by atoms with E-state index in [0.29, 0.717) is 30.2 Å². The first-order chi connectivity index (χ1) is 17.1. The van der Waals surface area contributed by atoms with E-state index in [-0.39, 0.29) is 5.25 Å². The quantitative estimate of drug-likeness (QED) is 0.239. The highest BCUT2D eigenvalue weighted by Gasteiger charge is 2.17. The lowest BCUT2D eigenvalue weighted by atomic mass is 10.0. The maximum Gasteiger partial charge on any atom is 0.265 e. The molecule has 0 spiro atoms. The molecule has 0 aliphatic heterocycles. The van der Waals surface area contributed by atoms with Crippen LogP contribution in [0.4, 0.5) is 0 Å². The van der Waals surface area contributed by atoms with E-state index < -0.39 is 22.0 Å². The molecule has 0 saturated heterocycles. The number of rotatable bonds is 12. The summed E-state index contributed by atoms with van der Waals surface area (Å²) in [4.78, 5) is 13.2. The van der Waals surface area contributed by atoms with Gasteiger partial charge in [0, 0.05) is 23.2 Å². The van der Waals surface area contributed by atoms with Gasteiger partial charge in [-0.15, -0.1) is 11.8 Å². The molecule has 0 radical (unpaired) electrons. The Kier molecular flexibility index (Phi) is 9.95. The first-order valence-corrected chi connectivity index (χ1v) is 14.4. The molecule has 0 aromatic heterocycles. The Morgan fingerprint density at radius 1 is 1.00 bits per heavy atom. The van der Waals surface area contributed by atoms with Crippen LogP contribution in [-0.2, 0) is 10.0 Å². The minimum absolute atomic E-state index is 0.211. The van der Waals surface area contributed by atoms with Gasteiger partial charge in [0.15, 0.2) is 0 Å². The maximum absolute atomic E-state index is 12.5. The fourth-order valence-electron chi connectivity index (χ4n) is 3.48. The summed E-state index contributed by atoms with van der Waals surface area (Å²) in [6.07, 6.45) is 0.399. The molecule has 0 saturated carbocycles. The summed E-state index contributed by atoms with van der Waals surface area (Å²) in [5, 5.41) is 13.6. The largest absolute Gasteiger partial charge is 0.492 e. The minimum atomic E-state index is -3.65. The van der Waals surface area contributed by atoms with Crippen LogP contribution < -0.4 is 14.8 Å². The highest BCUT2D eigenvalue weighted by atomic mass is 32.2. The Bertz CT molecular complexity index is 1250. The summed E-state index contributed by atoms with van der Waals surface area (Å²) in [5.41, 5.74) is 3.07. The van der Waals surface area contributed by atoms with E-state index in [9.17, 15) is 18.3 Å². The summed E-state index contributed by atoms with van der Waals surface area (Å²) in [7, 11) is -3.65. The number of carbonyl (C=O) groups is 1. The van der Waals surface area contributed by atoms with Crippen LogP contribution in [0.5, 0.6) is 5.75 Å². The zero-order valence-electron chi connectivity index (χ0n) is 20.6. The molecule has 0 heterocycles. The Morgan fingerprint density at radius 3 is 2.31 bits per heavy atom. The molecule has 3 rings (SSSR count). The number of sulfonamides is 1. The molecule has 3 aromatic rings. The van der Waals surface area contributed by atoms with Crippen molar-refractivity contribution in [3.63, 3.8) is 0 Å². The van der Waals surface area contributed by atoms with Gasteiger partial charge >= 0.3 is 0 Å². The third-order valence-corrected chi connectivity index (χ3v) is 6.74. The van der Waals surface area contributed by atoms with Gasteiger partial charge in [-0.05, 0) is 41.0 Å². The first-order valence-electron chi connectivity index (χ1n) is 11.6. The number of amides is 1. The summed E-state index contributed by atoms with van der Waals surface area (Å²) >= 11 is 1.50. The van der Waals surface area contributed by atoms with E-state index in [1.54, 1.807) is 12.1 Å². The molecule has 9 heteroatoms. The number of hydrogen-bond donors (Lipinski definition) is 3. The molecule has 0 unspecified atom stereocenters. The smallest absolute Gasteiger partial charge is 0.265 e. The third-order valence-electron chi connectivity index (χ3n) is 5.12. The van der Waals surface area contributed by atoms with Crippen LogP contribution in [0.15, 0.2) is 77.7 Å². The van der Waals surface area contributed by atoms with E-state index in [4.69, 9.17) is 4.74 Å². The number of nitrogens with one attached hydrogen (secondary N) is 2. The van der Waals surface area contributed by atoms with Crippen LogP contribution in [0.2, 0.25) is 0 Å². The van der Waals surface area contributed by atoms with E-state index in [0.717, 1.165) is 28.7 Å². The van der Waals surface area contributed by atoms with Gasteiger partial charge in [-0.3, -0.25) is 4.79 Å². The summed E-state index contributed by atoms with van der Waals surface area (Å²) in [5.74, 6) is 0.0888. The molecule has 3 aromatic carbocycles. The van der Waals surface area contributed by atoms with Gasteiger partial charge < -0.3 is 15.2 Å². The highest BCUT2D eigenvalue weighted by molar-refractivity contribution is 8.00. The second-order valence-electron chi connectivity index (χ2n) is 8.58. The summed E-state index contributed by atoms with van der Waals surface area (Å²) in [6.45, 7) is 5.53. The second kappa shape index (κ2) is 12.9. The molecular formula is C27H32N2O5S2. The fourth-order valence-corrected chi connectivity index (χ4v) is 4.92. The lowest BCUT2D eigenvalue weighted by Gasteiger charge is -2.14. The number of benzene rings is 3. The molecule has 0 aliphatic carbocycles. The Morgan fingerprint density at radius 2 is 1.67 bits per heavy atom. The normalized spacial score (nSPS) is 12.4. The number of aliphatic hydroxyl groups is 1. The van der Waals surface area contributed by atoms with E-state index in [1.807, 2.05) is 79.2 Å². The van der Waals surface area contributed by atoms with Gasteiger partial charge in [0.25, 0.3) is 5.91 Å². The Labute approximate surface area is 217 Å². The standard InChI is InChI=1S/C27H32N2O5S2/c1-19(2)35-26-17-22(11-14-24(26)27(31)29-36(3,32)33)20-9-12-23(13-10-20)34-16-15-28-18-25(30)21-7-5-4-6-8-21/h4-14,17,19,25,28,30H,15-16,18H2,1-3H3,(H,29,31)/t25-/m1/s1. The molecule has 192 valence electrons. The van der Waals surface area contributed by atoms with Crippen LogP contribution in [0, 0.1) is 0 Å². The van der Waals surface area contributed by atoms with E-state index in [1.165, 1.54) is 11.8 Å². The van der Waals surface area contributed by atoms with Crippen LogP contribution in [0.25, 0.3) is 11.1 Å². The van der Waals surface area contributed by atoms with Crippen molar-refractivity contribution in [3.05, 3.63) is 83.9 Å². The molecule has 0 bridgehead atoms. The number of carbonyl (C=O) groups excluding carboxylic acids is 1. The molecule has 1 atom stereocenters. The van der Waals surface area contributed by atoms with Crippen LogP contribution in [-0.4, -0.2) is 50.6 Å². The van der Waals surface area contributed by atoms with Gasteiger partial charge in [-0.25, -0.2) is 13.1 Å². The first kappa shape index (κ1) is 27.7. The molecule has 1 amide bonds. The zero-order chi connectivity index (χ0) is 26.1. The van der Waals surface area contributed by atoms with Crippen LogP contribution in [0.1, 0.15) is 35.9 Å². The van der Waals surface area contributed by atoms with Crippen molar-refractivity contribution in [3.8, 4) is 16.9 Å². The Balaban J connectivity index is 1.58. The minimum Gasteiger partial charge on any atom is -0.492 e. The molecule has 7 nitrogen and oxygen atoms in total. The third kappa shape index (κ3) is 8.67. The van der Waals surface area contributed by atoms with Crippen LogP contribution in [0.3, 0.4) is 0 Å². The topological polar surface area (TPSA) is 105 Å². The van der Waals surface area contributed by atoms with Crippen molar-refractivity contribution >= 4 is 27.7 Å². The molecule has 3 N–H and O–H groups in total. The second-order valence-corrected chi connectivity index (χ2v) is 12.0. The van der Waals surface area contributed by atoms with Crippen molar-refractivity contribution < 1.29 is 23.1 Å². The highest BCUT2D eigenvalue weighted by Crippen LogP contribution is 2.32. The number of thioether (sulfide) groups is 1. The lowest BCUT2D eigenvalue weighted by Crippen LogP contribution is -2.29. The predicted octanol–water partition coefficient (Wildman–Crippen LogP) is 4.25. The van der Waals surface area contributed by atoms with Gasteiger partial charge in [-0.2, -0.15) is 0 Å². The molecule has 0 aliphatic rings. The maximum atomic E-state index is 12.5. The lowest BCUT2D eigenvalue weighted by molar-refractivity contribution is 0.0979. The molecule has 36 heavy (non-hydrogen) atoms. The van der Waals surface area contributed by atoms with Gasteiger partial charge in [0.1, 0.15) is 12.4 Å². The van der Waals surface area contributed by atoms with E-state index >= 15 is 0 Å². The van der Waals surface area contributed by atoms with Crippen molar-refractivity contribution in [1.29, 1.82) is 0 Å². The van der Waals surface area contributed by atoms with Crippen molar-refractivity contribution in [2.24, 2.45) is 0 Å². The van der Waals surface area contributed by atoms with Gasteiger partial charge in [0.2, 0.25) is 10.0 Å². The molecular weight excluding hydrogens is 496 g/mol. The summed E-state index contributed by atoms with van der Waals surface area (Å²) in [6, 6.07) is 22.5. The number of hydrogen-bond acceptors (Lipinski definition) is 7. The predicted molar refractivity (Wildman–Crippen MR) is 145 cm³/mol. The fraction of sp³-hybridized carbons (Fsp3) is 0.296. The number of ether oxygens (including phenoxy) is 1. The van der Waals surface area contributed by atoms with Crippen molar-refractivity contribution in [2.75, 3.05) is 26.0 Å². The zero-order valence-corrected chi connectivity index (χ0v) is 22.2. The average Bonchev–Trinajstić information content (AvgIpc) is 2.83. The number of aliphatic hydroxyl groups excluding tert-OH is 1. The molecule has 0 fully saturated rings. The van der Waals surface area contributed by atoms with Gasteiger partial charge in [0.05, 0.1) is 17.9 Å². The van der Waals surface area contributed by atoms with Crippen molar-refractivity contribution in [2.45, 2.75) is 30.1 Å². The van der Waals surface area contributed by atoms with Gasteiger partial charge in [-0.1, -0.05) is 62.4 Å².